The number of carbonyl (C=O) groups excluding carboxylic acids is 2. The molecule has 3 aromatic carbocycles. The van der Waals surface area contributed by atoms with Gasteiger partial charge in [-0.05, 0) is 62.2 Å². The Morgan fingerprint density at radius 3 is 2.19 bits per heavy atom. The molecule has 0 aliphatic carbocycles. The van der Waals surface area contributed by atoms with E-state index in [-0.39, 0.29) is 24.8 Å². The second-order valence-corrected chi connectivity index (χ2v) is 11.6. The number of amides is 2. The summed E-state index contributed by atoms with van der Waals surface area (Å²) in [5, 5.41) is 4.32. The molecule has 0 radical (unpaired) electrons. The SMILES string of the molecule is CC(C)(C)NC(=O)C(Cc1ccccc1)N(Cc1ccccc1Cl)C(=O)CCSc1ccc(Cl)cc1. The van der Waals surface area contributed by atoms with Crippen molar-refractivity contribution in [1.82, 2.24) is 10.2 Å². The number of nitrogens with zero attached hydrogens (tertiary/aromatic N) is 1. The highest BCUT2D eigenvalue weighted by molar-refractivity contribution is 7.99. The molecule has 0 heterocycles. The molecule has 36 heavy (non-hydrogen) atoms. The third kappa shape index (κ3) is 8.88. The van der Waals surface area contributed by atoms with Gasteiger partial charge in [0.15, 0.2) is 0 Å². The summed E-state index contributed by atoms with van der Waals surface area (Å²) < 4.78 is 0. The van der Waals surface area contributed by atoms with Crippen LogP contribution in [0.15, 0.2) is 83.8 Å². The number of carbonyl (C=O) groups is 2. The standard InChI is InChI=1S/C29H32Cl2N2O2S/c1-29(2,3)32-28(35)26(19-21-9-5-4-6-10-21)33(20-22-11-7-8-12-25(22)31)27(34)17-18-36-24-15-13-23(30)14-16-24/h4-16,26H,17-20H2,1-3H3,(H,32,35). The molecule has 2 amide bonds. The summed E-state index contributed by atoms with van der Waals surface area (Å²) in [5.41, 5.74) is 1.36. The number of halogens is 2. The number of hydrogen-bond donors (Lipinski definition) is 1. The zero-order chi connectivity index (χ0) is 26.1. The number of thioether (sulfide) groups is 1. The Morgan fingerprint density at radius 2 is 1.56 bits per heavy atom. The molecule has 1 atom stereocenters. The lowest BCUT2D eigenvalue weighted by Crippen LogP contribution is -2.54. The van der Waals surface area contributed by atoms with Gasteiger partial charge in [0.05, 0.1) is 0 Å². The van der Waals surface area contributed by atoms with Gasteiger partial charge in [-0.3, -0.25) is 9.59 Å². The largest absolute Gasteiger partial charge is 0.350 e. The van der Waals surface area contributed by atoms with Crippen LogP contribution in [0.3, 0.4) is 0 Å². The summed E-state index contributed by atoms with van der Waals surface area (Å²) in [6.07, 6.45) is 0.690. The van der Waals surface area contributed by atoms with Gasteiger partial charge in [0.1, 0.15) is 6.04 Å². The Labute approximate surface area is 228 Å². The number of nitrogens with one attached hydrogen (secondary N) is 1. The van der Waals surface area contributed by atoms with Crippen molar-refractivity contribution in [2.45, 2.75) is 56.6 Å². The van der Waals surface area contributed by atoms with Crippen LogP contribution in [0.25, 0.3) is 0 Å². The summed E-state index contributed by atoms with van der Waals surface area (Å²) in [6, 6.07) is 24.1. The van der Waals surface area contributed by atoms with Crippen LogP contribution in [0, 0.1) is 0 Å². The van der Waals surface area contributed by atoms with E-state index >= 15 is 0 Å². The normalized spacial score (nSPS) is 12.1. The van der Waals surface area contributed by atoms with Crippen LogP contribution in [-0.2, 0) is 22.6 Å². The Hall–Kier alpha value is -2.47. The molecule has 3 rings (SSSR count). The van der Waals surface area contributed by atoms with Crippen LogP contribution >= 0.6 is 35.0 Å². The van der Waals surface area contributed by atoms with Crippen LogP contribution in [0.2, 0.25) is 10.0 Å². The maximum atomic E-state index is 13.7. The smallest absolute Gasteiger partial charge is 0.243 e. The zero-order valence-corrected chi connectivity index (χ0v) is 23.2. The van der Waals surface area contributed by atoms with E-state index in [1.54, 1.807) is 22.7 Å². The molecule has 1 N–H and O–H groups in total. The molecule has 0 saturated heterocycles. The van der Waals surface area contributed by atoms with Crippen LogP contribution in [0.5, 0.6) is 0 Å². The van der Waals surface area contributed by atoms with Gasteiger partial charge in [-0.25, -0.2) is 0 Å². The molecule has 0 aliphatic rings. The number of rotatable bonds is 10. The van der Waals surface area contributed by atoms with Crippen LogP contribution < -0.4 is 5.32 Å². The fraction of sp³-hybridized carbons (Fsp3) is 0.310. The van der Waals surface area contributed by atoms with E-state index in [1.807, 2.05) is 93.6 Å². The highest BCUT2D eigenvalue weighted by Crippen LogP contribution is 2.24. The van der Waals surface area contributed by atoms with E-state index in [2.05, 4.69) is 5.32 Å². The molecule has 0 aromatic heterocycles. The molecule has 3 aromatic rings. The lowest BCUT2D eigenvalue weighted by atomic mass is 10.0. The summed E-state index contributed by atoms with van der Waals surface area (Å²) in [7, 11) is 0. The maximum absolute atomic E-state index is 13.7. The Balaban J connectivity index is 1.87. The van der Waals surface area contributed by atoms with E-state index in [0.29, 0.717) is 22.2 Å². The number of hydrogen-bond acceptors (Lipinski definition) is 3. The lowest BCUT2D eigenvalue weighted by Gasteiger charge is -2.34. The molecule has 0 saturated carbocycles. The van der Waals surface area contributed by atoms with Crippen LogP contribution in [0.4, 0.5) is 0 Å². The van der Waals surface area contributed by atoms with Crippen molar-refractivity contribution in [1.29, 1.82) is 0 Å². The molecule has 0 bridgehead atoms. The minimum Gasteiger partial charge on any atom is -0.350 e. The maximum Gasteiger partial charge on any atom is 0.243 e. The van der Waals surface area contributed by atoms with Gasteiger partial charge in [-0.2, -0.15) is 0 Å². The average molecular weight is 544 g/mol. The summed E-state index contributed by atoms with van der Waals surface area (Å²) in [5.74, 6) is 0.303. The van der Waals surface area contributed by atoms with Crippen LogP contribution in [0.1, 0.15) is 38.3 Å². The first-order valence-electron chi connectivity index (χ1n) is 11.9. The number of benzene rings is 3. The quantitative estimate of drug-likeness (QED) is 0.279. The summed E-state index contributed by atoms with van der Waals surface area (Å²) in [4.78, 5) is 29.9. The Bertz CT molecular complexity index is 1150. The van der Waals surface area contributed by atoms with Gasteiger partial charge >= 0.3 is 0 Å². The molecule has 190 valence electrons. The summed E-state index contributed by atoms with van der Waals surface area (Å²) in [6.45, 7) is 6.06. The minimum atomic E-state index is -0.684. The fourth-order valence-electron chi connectivity index (χ4n) is 3.75. The van der Waals surface area contributed by atoms with E-state index < -0.39 is 11.6 Å². The zero-order valence-electron chi connectivity index (χ0n) is 20.8. The predicted octanol–water partition coefficient (Wildman–Crippen LogP) is 7.03. The molecule has 0 spiro atoms. The third-order valence-electron chi connectivity index (χ3n) is 5.47. The molecule has 0 fully saturated rings. The predicted molar refractivity (Wildman–Crippen MR) is 151 cm³/mol. The van der Waals surface area contributed by atoms with Crippen molar-refractivity contribution in [3.05, 3.63) is 100 Å². The van der Waals surface area contributed by atoms with E-state index in [4.69, 9.17) is 23.2 Å². The van der Waals surface area contributed by atoms with E-state index in [1.165, 1.54) is 0 Å². The van der Waals surface area contributed by atoms with Crippen molar-refractivity contribution in [2.75, 3.05) is 5.75 Å². The fourth-order valence-corrected chi connectivity index (χ4v) is 4.91. The first kappa shape index (κ1) is 28.1. The summed E-state index contributed by atoms with van der Waals surface area (Å²) >= 11 is 14.0. The van der Waals surface area contributed by atoms with Gasteiger partial charge < -0.3 is 10.2 Å². The lowest BCUT2D eigenvalue weighted by molar-refractivity contribution is -0.141. The van der Waals surface area contributed by atoms with Crippen molar-refractivity contribution >= 4 is 46.8 Å². The van der Waals surface area contributed by atoms with Gasteiger partial charge in [0.2, 0.25) is 11.8 Å². The topological polar surface area (TPSA) is 49.4 Å². The van der Waals surface area contributed by atoms with E-state index in [9.17, 15) is 9.59 Å². The van der Waals surface area contributed by atoms with Crippen molar-refractivity contribution in [3.63, 3.8) is 0 Å². The highest BCUT2D eigenvalue weighted by atomic mass is 35.5. The highest BCUT2D eigenvalue weighted by Gasteiger charge is 2.32. The Morgan fingerprint density at radius 1 is 0.917 bits per heavy atom. The molecule has 4 nitrogen and oxygen atoms in total. The van der Waals surface area contributed by atoms with Crippen LogP contribution in [-0.4, -0.2) is 34.0 Å². The second kappa shape index (κ2) is 13.2. The Kier molecular flexibility index (Phi) is 10.3. The molecule has 7 heteroatoms. The molecular weight excluding hydrogens is 511 g/mol. The van der Waals surface area contributed by atoms with Crippen molar-refractivity contribution in [3.8, 4) is 0 Å². The first-order chi connectivity index (χ1) is 17.1. The average Bonchev–Trinajstić information content (AvgIpc) is 2.83. The van der Waals surface area contributed by atoms with E-state index in [0.717, 1.165) is 16.0 Å². The third-order valence-corrected chi connectivity index (χ3v) is 7.10. The van der Waals surface area contributed by atoms with Gasteiger partial charge in [-0.15, -0.1) is 11.8 Å². The first-order valence-corrected chi connectivity index (χ1v) is 13.6. The minimum absolute atomic E-state index is 0.0960. The van der Waals surface area contributed by atoms with Gasteiger partial charge in [-0.1, -0.05) is 71.7 Å². The monoisotopic (exact) mass is 542 g/mol. The van der Waals surface area contributed by atoms with Gasteiger partial charge in [0, 0.05) is 45.6 Å². The van der Waals surface area contributed by atoms with Crippen molar-refractivity contribution < 1.29 is 9.59 Å². The van der Waals surface area contributed by atoms with Gasteiger partial charge in [0.25, 0.3) is 0 Å². The molecular formula is C29H32Cl2N2O2S. The second-order valence-electron chi connectivity index (χ2n) is 9.61. The molecule has 1 unspecified atom stereocenters. The van der Waals surface area contributed by atoms with Crippen molar-refractivity contribution in [2.24, 2.45) is 0 Å². The molecule has 0 aliphatic heterocycles.